The van der Waals surface area contributed by atoms with E-state index in [1.54, 1.807) is 24.3 Å². The molecule has 0 unspecified atom stereocenters. The number of nitrogen functional groups attached to an aromatic ring is 2. The van der Waals surface area contributed by atoms with Crippen molar-refractivity contribution < 1.29 is 8.78 Å². The summed E-state index contributed by atoms with van der Waals surface area (Å²) < 4.78 is 29.8. The standard InChI is InChI=1S/C42H30F2N4/c43-31-7-1-27(2-8-31)29-5-23-41-39(25-29)40-26-30(28-3-9-32(44)10-4-28)6-24-42(40)48(41)38-21-19-37(20-22-38)47(35-15-11-33(45)12-16-35)36-17-13-34(46)14-18-36/h1-26H,45-46H2. The van der Waals surface area contributed by atoms with Gasteiger partial charge in [-0.3, -0.25) is 0 Å². The molecule has 0 aliphatic rings. The maximum absolute atomic E-state index is 13.7. The second kappa shape index (κ2) is 11.8. The fourth-order valence-corrected chi connectivity index (χ4v) is 6.39. The number of hydrogen-bond acceptors (Lipinski definition) is 3. The maximum Gasteiger partial charge on any atom is 0.123 e. The van der Waals surface area contributed by atoms with E-state index in [0.29, 0.717) is 11.4 Å². The van der Waals surface area contributed by atoms with E-state index >= 15 is 0 Å². The Kier molecular flexibility index (Phi) is 7.11. The number of anilines is 5. The largest absolute Gasteiger partial charge is 0.399 e. The first-order valence-corrected chi connectivity index (χ1v) is 15.6. The van der Waals surface area contributed by atoms with E-state index in [1.165, 1.54) is 24.3 Å². The summed E-state index contributed by atoms with van der Waals surface area (Å²) in [7, 11) is 0. The highest BCUT2D eigenvalue weighted by molar-refractivity contribution is 6.11. The smallest absolute Gasteiger partial charge is 0.123 e. The Balaban J connectivity index is 1.28. The van der Waals surface area contributed by atoms with E-state index < -0.39 is 0 Å². The number of fused-ring (bicyclic) bond motifs is 3. The SMILES string of the molecule is Nc1ccc(N(c2ccc(N)cc2)c2ccc(-n3c4ccc(-c5ccc(F)cc5)cc4c4cc(-c5ccc(F)cc5)ccc43)cc2)cc1. The highest BCUT2D eigenvalue weighted by Crippen LogP contribution is 2.39. The van der Waals surface area contributed by atoms with Crippen LogP contribution in [0.2, 0.25) is 0 Å². The number of halogens is 2. The Hall–Kier alpha value is -6.40. The molecule has 0 aliphatic carbocycles. The zero-order valence-electron chi connectivity index (χ0n) is 25.8. The van der Waals surface area contributed by atoms with Gasteiger partial charge in [0.2, 0.25) is 0 Å². The van der Waals surface area contributed by atoms with Crippen molar-refractivity contribution in [1.82, 2.24) is 4.57 Å². The van der Waals surface area contributed by atoms with E-state index in [4.69, 9.17) is 11.5 Å². The van der Waals surface area contributed by atoms with Crippen molar-refractivity contribution in [3.05, 3.63) is 169 Å². The van der Waals surface area contributed by atoms with Gasteiger partial charge >= 0.3 is 0 Å². The molecule has 0 bridgehead atoms. The lowest BCUT2D eigenvalue weighted by molar-refractivity contribution is 0.627. The van der Waals surface area contributed by atoms with Crippen molar-refractivity contribution >= 4 is 50.2 Å². The van der Waals surface area contributed by atoms with Crippen molar-refractivity contribution in [3.8, 4) is 27.9 Å². The number of nitrogens with two attached hydrogens (primary N) is 2. The molecule has 6 heteroatoms. The van der Waals surface area contributed by atoms with Gasteiger partial charge in [-0.2, -0.15) is 0 Å². The highest BCUT2D eigenvalue weighted by atomic mass is 19.1. The summed E-state index contributed by atoms with van der Waals surface area (Å²) in [6.07, 6.45) is 0. The van der Waals surface area contributed by atoms with Crippen LogP contribution in [0.4, 0.5) is 37.2 Å². The van der Waals surface area contributed by atoms with Crippen molar-refractivity contribution in [1.29, 1.82) is 0 Å². The van der Waals surface area contributed by atoms with Crippen LogP contribution in [0.5, 0.6) is 0 Å². The van der Waals surface area contributed by atoms with E-state index in [2.05, 4.69) is 70.1 Å². The van der Waals surface area contributed by atoms with Crippen LogP contribution in [-0.4, -0.2) is 4.57 Å². The second-order valence-electron chi connectivity index (χ2n) is 11.8. The third-order valence-corrected chi connectivity index (χ3v) is 8.79. The number of rotatable bonds is 6. The van der Waals surface area contributed by atoms with Gasteiger partial charge in [0.05, 0.1) is 11.0 Å². The Morgan fingerprint density at radius 3 is 1.15 bits per heavy atom. The lowest BCUT2D eigenvalue weighted by atomic mass is 10.0. The molecule has 1 heterocycles. The van der Waals surface area contributed by atoms with E-state index in [-0.39, 0.29) is 11.6 Å². The first-order chi connectivity index (χ1) is 23.4. The van der Waals surface area contributed by atoms with Gasteiger partial charge in [0.25, 0.3) is 0 Å². The summed E-state index contributed by atoms with van der Waals surface area (Å²) in [5.74, 6) is -0.537. The van der Waals surface area contributed by atoms with E-state index in [1.807, 2.05) is 48.5 Å². The molecule has 8 aromatic rings. The maximum atomic E-state index is 13.7. The van der Waals surface area contributed by atoms with Gasteiger partial charge in [0, 0.05) is 44.9 Å². The fraction of sp³-hybridized carbons (Fsp3) is 0. The Morgan fingerprint density at radius 2 is 0.750 bits per heavy atom. The van der Waals surface area contributed by atoms with Gasteiger partial charge < -0.3 is 20.9 Å². The average molecular weight is 629 g/mol. The molecule has 8 rings (SSSR count). The molecule has 0 saturated carbocycles. The molecule has 0 saturated heterocycles. The third-order valence-electron chi connectivity index (χ3n) is 8.79. The number of hydrogen-bond donors (Lipinski definition) is 2. The summed E-state index contributed by atoms with van der Waals surface area (Å²) in [5.41, 5.74) is 23.3. The minimum atomic E-state index is -0.268. The summed E-state index contributed by atoms with van der Waals surface area (Å²) in [6.45, 7) is 0. The van der Waals surface area contributed by atoms with E-state index in [0.717, 1.165) is 66.8 Å². The van der Waals surface area contributed by atoms with Gasteiger partial charge in [0.15, 0.2) is 0 Å². The Morgan fingerprint density at radius 1 is 0.396 bits per heavy atom. The van der Waals surface area contributed by atoms with Crippen LogP contribution < -0.4 is 16.4 Å². The average Bonchev–Trinajstić information content (AvgIpc) is 3.44. The van der Waals surface area contributed by atoms with Gasteiger partial charge in [-0.05, 0) is 144 Å². The molecule has 232 valence electrons. The predicted octanol–water partition coefficient (Wildman–Crippen LogP) is 11.0. The molecular formula is C42H30F2N4. The van der Waals surface area contributed by atoms with Crippen molar-refractivity contribution in [2.24, 2.45) is 0 Å². The quantitative estimate of drug-likeness (QED) is 0.180. The molecule has 4 N–H and O–H groups in total. The molecule has 0 aliphatic heterocycles. The van der Waals surface area contributed by atoms with Gasteiger partial charge in [-0.1, -0.05) is 36.4 Å². The van der Waals surface area contributed by atoms with Crippen LogP contribution in [0.25, 0.3) is 49.7 Å². The predicted molar refractivity (Wildman–Crippen MR) is 195 cm³/mol. The topological polar surface area (TPSA) is 60.2 Å². The monoisotopic (exact) mass is 628 g/mol. The number of nitrogens with zero attached hydrogens (tertiary/aromatic N) is 2. The van der Waals surface area contributed by atoms with E-state index in [9.17, 15) is 8.78 Å². The number of aromatic nitrogens is 1. The number of benzene rings is 7. The fourth-order valence-electron chi connectivity index (χ4n) is 6.39. The summed E-state index contributed by atoms with van der Waals surface area (Å²) in [6, 6.07) is 49.9. The van der Waals surface area contributed by atoms with Crippen LogP contribution in [0.3, 0.4) is 0 Å². The highest BCUT2D eigenvalue weighted by Gasteiger charge is 2.17. The normalized spacial score (nSPS) is 11.3. The van der Waals surface area contributed by atoms with Crippen molar-refractivity contribution in [2.75, 3.05) is 16.4 Å². The Labute approximate surface area is 276 Å². The van der Waals surface area contributed by atoms with Crippen LogP contribution >= 0.6 is 0 Å². The zero-order chi connectivity index (χ0) is 32.8. The van der Waals surface area contributed by atoms with Crippen LogP contribution in [0.15, 0.2) is 158 Å². The molecule has 0 fully saturated rings. The molecule has 0 radical (unpaired) electrons. The summed E-state index contributed by atoms with van der Waals surface area (Å²) >= 11 is 0. The lowest BCUT2D eigenvalue weighted by Crippen LogP contribution is -2.10. The third kappa shape index (κ3) is 5.29. The second-order valence-corrected chi connectivity index (χ2v) is 11.8. The Bertz CT molecular complexity index is 2250. The molecule has 0 amide bonds. The summed E-state index contributed by atoms with van der Waals surface area (Å²) in [4.78, 5) is 2.17. The van der Waals surface area contributed by atoms with Gasteiger partial charge in [-0.15, -0.1) is 0 Å². The minimum Gasteiger partial charge on any atom is -0.399 e. The van der Waals surface area contributed by atoms with Crippen LogP contribution in [0.1, 0.15) is 0 Å². The zero-order valence-corrected chi connectivity index (χ0v) is 25.8. The van der Waals surface area contributed by atoms with Crippen LogP contribution in [0, 0.1) is 11.6 Å². The molecular weight excluding hydrogens is 598 g/mol. The lowest BCUT2D eigenvalue weighted by Gasteiger charge is -2.26. The summed E-state index contributed by atoms with van der Waals surface area (Å²) in [5, 5.41) is 2.12. The first kappa shape index (κ1) is 29.0. The molecule has 7 aromatic carbocycles. The molecule has 48 heavy (non-hydrogen) atoms. The van der Waals surface area contributed by atoms with Gasteiger partial charge in [-0.25, -0.2) is 8.78 Å². The minimum absolute atomic E-state index is 0.268. The van der Waals surface area contributed by atoms with Gasteiger partial charge in [0.1, 0.15) is 11.6 Å². The molecule has 1 aromatic heterocycles. The first-order valence-electron chi connectivity index (χ1n) is 15.6. The van der Waals surface area contributed by atoms with Crippen LogP contribution in [-0.2, 0) is 0 Å². The molecule has 0 spiro atoms. The van der Waals surface area contributed by atoms with Crippen molar-refractivity contribution in [3.63, 3.8) is 0 Å². The molecule has 4 nitrogen and oxygen atoms in total. The molecule has 0 atom stereocenters. The van der Waals surface area contributed by atoms with Crippen molar-refractivity contribution in [2.45, 2.75) is 0 Å².